The maximum atomic E-state index is 11.6. The van der Waals surface area contributed by atoms with Crippen LogP contribution in [0.2, 0.25) is 0 Å². The van der Waals surface area contributed by atoms with Crippen molar-refractivity contribution in [3.8, 4) is 0 Å². The number of aromatic nitrogens is 2. The van der Waals surface area contributed by atoms with E-state index < -0.39 is 0 Å². The molecule has 0 amide bonds. The highest BCUT2D eigenvalue weighted by Crippen LogP contribution is 2.31. The largest absolute Gasteiger partial charge is 0.394 e. The average molecular weight is 284 g/mol. The fourth-order valence-corrected chi connectivity index (χ4v) is 3.04. The third-order valence-electron chi connectivity index (χ3n) is 3.28. The van der Waals surface area contributed by atoms with Crippen molar-refractivity contribution in [1.82, 2.24) is 9.55 Å². The highest BCUT2D eigenvalue weighted by molar-refractivity contribution is 7.98. The number of hydrogen-bond donors (Lipinski definition) is 1. The second kappa shape index (κ2) is 6.54. The number of rotatable bonds is 5. The molecule has 6 heteroatoms. The van der Waals surface area contributed by atoms with Crippen LogP contribution in [0.5, 0.6) is 0 Å². The molecule has 1 aliphatic heterocycles. The Bertz CT molecular complexity index is 489. The third kappa shape index (κ3) is 3.19. The summed E-state index contributed by atoms with van der Waals surface area (Å²) < 4.78 is 7.84. The Morgan fingerprint density at radius 1 is 1.58 bits per heavy atom. The van der Waals surface area contributed by atoms with Crippen LogP contribution in [0.25, 0.3) is 0 Å². The predicted octanol–water partition coefficient (Wildman–Crippen LogP) is 1.59. The molecule has 1 fully saturated rings. The number of nitrogens with zero attached hydrogens (tertiary/aromatic N) is 2. The van der Waals surface area contributed by atoms with E-state index in [1.165, 1.54) is 11.8 Å². The molecular formula is C13H20N2O3S. The minimum absolute atomic E-state index is 0.0435. The zero-order valence-electron chi connectivity index (χ0n) is 11.3. The summed E-state index contributed by atoms with van der Waals surface area (Å²) in [5.41, 5.74) is 0.774. The van der Waals surface area contributed by atoms with Gasteiger partial charge in [0.1, 0.15) is 6.23 Å². The molecule has 0 saturated carbocycles. The lowest BCUT2D eigenvalue weighted by molar-refractivity contribution is -0.0286. The van der Waals surface area contributed by atoms with Crippen molar-refractivity contribution in [2.24, 2.45) is 0 Å². The summed E-state index contributed by atoms with van der Waals surface area (Å²) >= 11 is 1.45. The van der Waals surface area contributed by atoms with Crippen molar-refractivity contribution in [2.45, 2.75) is 50.1 Å². The van der Waals surface area contributed by atoms with Gasteiger partial charge in [-0.1, -0.05) is 25.1 Å². The molecule has 1 N–H and O–H groups in total. The van der Waals surface area contributed by atoms with Crippen LogP contribution in [0.3, 0.4) is 0 Å². The minimum Gasteiger partial charge on any atom is -0.394 e. The first-order valence-electron chi connectivity index (χ1n) is 6.62. The molecule has 19 heavy (non-hydrogen) atoms. The van der Waals surface area contributed by atoms with Crippen LogP contribution in [-0.4, -0.2) is 33.6 Å². The van der Waals surface area contributed by atoms with Gasteiger partial charge in [0.2, 0.25) is 0 Å². The second-order valence-corrected chi connectivity index (χ2v) is 5.44. The number of thioether (sulfide) groups is 1. The van der Waals surface area contributed by atoms with Crippen LogP contribution in [0.15, 0.2) is 16.0 Å². The summed E-state index contributed by atoms with van der Waals surface area (Å²) in [6.07, 6.45) is 5.17. The SMILES string of the molecule is CCCc1cc(=O)nc(SC)n1[C@H]1CC[C@@H](CO)O1. The van der Waals surface area contributed by atoms with Gasteiger partial charge in [-0.2, -0.15) is 4.98 Å². The zero-order chi connectivity index (χ0) is 13.8. The lowest BCUT2D eigenvalue weighted by Gasteiger charge is -2.22. The smallest absolute Gasteiger partial charge is 0.273 e. The van der Waals surface area contributed by atoms with Crippen molar-refractivity contribution in [1.29, 1.82) is 0 Å². The van der Waals surface area contributed by atoms with Gasteiger partial charge in [0, 0.05) is 11.8 Å². The van der Waals surface area contributed by atoms with Gasteiger partial charge in [-0.3, -0.25) is 9.36 Å². The summed E-state index contributed by atoms with van der Waals surface area (Å²) in [5.74, 6) is 0. The van der Waals surface area contributed by atoms with Gasteiger partial charge in [-0.15, -0.1) is 0 Å². The van der Waals surface area contributed by atoms with Crippen LogP contribution in [0.4, 0.5) is 0 Å². The molecule has 2 rings (SSSR count). The molecule has 1 saturated heterocycles. The van der Waals surface area contributed by atoms with E-state index in [2.05, 4.69) is 11.9 Å². The molecule has 0 bridgehead atoms. The molecule has 106 valence electrons. The highest BCUT2D eigenvalue weighted by atomic mass is 32.2. The van der Waals surface area contributed by atoms with Crippen LogP contribution >= 0.6 is 11.8 Å². The van der Waals surface area contributed by atoms with Crippen molar-refractivity contribution in [3.05, 3.63) is 22.1 Å². The highest BCUT2D eigenvalue weighted by Gasteiger charge is 2.28. The van der Waals surface area contributed by atoms with E-state index in [0.29, 0.717) is 5.16 Å². The maximum absolute atomic E-state index is 11.6. The van der Waals surface area contributed by atoms with E-state index in [4.69, 9.17) is 9.84 Å². The van der Waals surface area contributed by atoms with Crippen LogP contribution in [0, 0.1) is 0 Å². The Hall–Kier alpha value is -0.850. The number of hydrogen-bond acceptors (Lipinski definition) is 5. The summed E-state index contributed by atoms with van der Waals surface area (Å²) in [5, 5.41) is 9.86. The molecule has 2 atom stereocenters. The van der Waals surface area contributed by atoms with Gasteiger partial charge >= 0.3 is 0 Å². The van der Waals surface area contributed by atoms with Gasteiger partial charge in [-0.25, -0.2) is 0 Å². The molecule has 0 spiro atoms. The van der Waals surface area contributed by atoms with Gasteiger partial charge in [0.05, 0.1) is 12.7 Å². The van der Waals surface area contributed by atoms with Crippen molar-refractivity contribution < 1.29 is 9.84 Å². The summed E-state index contributed by atoms with van der Waals surface area (Å²) in [6, 6.07) is 1.60. The monoisotopic (exact) mass is 284 g/mol. The Balaban J connectivity index is 2.39. The summed E-state index contributed by atoms with van der Waals surface area (Å²) in [7, 11) is 0. The third-order valence-corrected chi connectivity index (χ3v) is 3.93. The number of aliphatic hydroxyl groups is 1. The van der Waals surface area contributed by atoms with Crippen LogP contribution in [0.1, 0.15) is 38.1 Å². The molecule has 1 aliphatic rings. The minimum atomic E-state index is -0.194. The van der Waals surface area contributed by atoms with E-state index in [1.807, 2.05) is 10.8 Å². The first kappa shape index (κ1) is 14.6. The lowest BCUT2D eigenvalue weighted by atomic mass is 10.2. The maximum Gasteiger partial charge on any atom is 0.273 e. The fraction of sp³-hybridized carbons (Fsp3) is 0.692. The molecule has 0 aromatic carbocycles. The molecule has 2 heterocycles. The Labute approximate surface area is 117 Å². The molecule has 1 aromatic heterocycles. The topological polar surface area (TPSA) is 64.4 Å². The average Bonchev–Trinajstić information content (AvgIpc) is 2.86. The molecule has 0 aliphatic carbocycles. The molecule has 0 radical (unpaired) electrons. The van der Waals surface area contributed by atoms with E-state index in [-0.39, 0.29) is 24.5 Å². The van der Waals surface area contributed by atoms with Gasteiger partial charge in [0.25, 0.3) is 5.56 Å². The van der Waals surface area contributed by atoms with Gasteiger partial charge in [0.15, 0.2) is 5.16 Å². The number of aliphatic hydroxyl groups excluding tert-OH is 1. The van der Waals surface area contributed by atoms with E-state index >= 15 is 0 Å². The van der Waals surface area contributed by atoms with Gasteiger partial charge in [-0.05, 0) is 25.5 Å². The zero-order valence-corrected chi connectivity index (χ0v) is 12.2. The quantitative estimate of drug-likeness (QED) is 0.657. The standard InChI is InChI=1S/C13H20N2O3S/c1-3-4-9-7-11(17)14-13(19-2)15(9)12-6-5-10(8-16)18-12/h7,10,12,16H,3-6,8H2,1-2H3/t10-,12+/m0/s1. The molecular weight excluding hydrogens is 264 g/mol. The summed E-state index contributed by atoms with van der Waals surface area (Å²) in [6.45, 7) is 2.13. The van der Waals surface area contributed by atoms with Gasteiger partial charge < -0.3 is 9.84 Å². The Morgan fingerprint density at radius 2 is 2.37 bits per heavy atom. The molecule has 1 aromatic rings. The van der Waals surface area contributed by atoms with E-state index in [0.717, 1.165) is 31.4 Å². The first-order chi connectivity index (χ1) is 9.19. The number of ether oxygens (including phenoxy) is 1. The first-order valence-corrected chi connectivity index (χ1v) is 7.84. The van der Waals surface area contributed by atoms with E-state index in [9.17, 15) is 4.79 Å². The predicted molar refractivity (Wildman–Crippen MR) is 74.5 cm³/mol. The van der Waals surface area contributed by atoms with Crippen molar-refractivity contribution in [3.63, 3.8) is 0 Å². The fourth-order valence-electron chi connectivity index (χ4n) is 2.43. The normalized spacial score (nSPS) is 22.9. The van der Waals surface area contributed by atoms with Crippen LogP contribution < -0.4 is 5.56 Å². The molecule has 0 unspecified atom stereocenters. The molecule has 5 nitrogen and oxygen atoms in total. The number of aryl methyl sites for hydroxylation is 1. The van der Waals surface area contributed by atoms with Crippen LogP contribution in [-0.2, 0) is 11.2 Å². The lowest BCUT2D eigenvalue weighted by Crippen LogP contribution is -2.23. The Morgan fingerprint density at radius 3 is 2.95 bits per heavy atom. The Kier molecular flexibility index (Phi) is 5.01. The summed E-state index contributed by atoms with van der Waals surface area (Å²) in [4.78, 5) is 15.7. The van der Waals surface area contributed by atoms with Crippen molar-refractivity contribution in [2.75, 3.05) is 12.9 Å². The van der Waals surface area contributed by atoms with E-state index in [1.54, 1.807) is 6.07 Å². The van der Waals surface area contributed by atoms with Crippen molar-refractivity contribution >= 4 is 11.8 Å². The second-order valence-electron chi connectivity index (χ2n) is 4.67.